The molecule has 0 spiro atoms. The maximum Gasteiger partial charge on any atom is 0.164 e. The lowest BCUT2D eigenvalue weighted by Gasteiger charge is -2.10. The summed E-state index contributed by atoms with van der Waals surface area (Å²) in [5.41, 5.74) is 7.90. The third-order valence-electron chi connectivity index (χ3n) is 8.24. The lowest BCUT2D eigenvalue weighted by atomic mass is 10.0. The Morgan fingerprint density at radius 1 is 0.280 bits per heavy atom. The number of nitrogens with zero attached hydrogens (tertiary/aromatic N) is 7. The van der Waals surface area contributed by atoms with Gasteiger partial charge in [0.15, 0.2) is 34.9 Å². The SMILES string of the molecule is N#Cc1cccc(-c2nc(-c3ccccc3)nc(-c3ccc(-c4ccc(-c5nc(-c6ccccc6)nc(-c6ccccc6)n5)cc4)cc3)n2)c1. The maximum atomic E-state index is 9.46. The molecule has 8 aromatic rings. The van der Waals surface area contributed by atoms with Crippen LogP contribution in [0.2, 0.25) is 0 Å². The Morgan fingerprint density at radius 3 is 0.900 bits per heavy atom. The summed E-state index contributed by atoms with van der Waals surface area (Å²) in [6, 6.07) is 55.7. The number of benzene rings is 6. The van der Waals surface area contributed by atoms with Gasteiger partial charge in [0.1, 0.15) is 0 Å². The molecule has 50 heavy (non-hydrogen) atoms. The molecule has 2 aromatic heterocycles. The Labute approximate surface area is 289 Å². The van der Waals surface area contributed by atoms with Crippen LogP contribution in [-0.4, -0.2) is 29.9 Å². The maximum absolute atomic E-state index is 9.46. The van der Waals surface area contributed by atoms with Gasteiger partial charge in [-0.15, -0.1) is 0 Å². The van der Waals surface area contributed by atoms with E-state index < -0.39 is 0 Å². The molecular weight excluding hydrogens is 615 g/mol. The van der Waals surface area contributed by atoms with Gasteiger partial charge in [0.25, 0.3) is 0 Å². The highest BCUT2D eigenvalue weighted by Crippen LogP contribution is 2.30. The quantitative estimate of drug-likeness (QED) is 0.171. The minimum atomic E-state index is 0.509. The van der Waals surface area contributed by atoms with Crippen molar-refractivity contribution < 1.29 is 0 Å². The third kappa shape index (κ3) is 6.37. The van der Waals surface area contributed by atoms with Crippen molar-refractivity contribution in [2.45, 2.75) is 0 Å². The number of nitriles is 1. The molecule has 0 bridgehead atoms. The molecule has 0 aliphatic rings. The van der Waals surface area contributed by atoms with Crippen LogP contribution in [0.15, 0.2) is 164 Å². The molecule has 0 atom stereocenters. The smallest absolute Gasteiger partial charge is 0.164 e. The molecule has 7 nitrogen and oxygen atoms in total. The standard InChI is InChI=1S/C43H27N7/c44-28-29-11-10-18-37(27-29)43-49-40(34-16-8-3-9-17-34)48-42(50-43)36-25-21-31(22-26-36)30-19-23-35(24-20-30)41-46-38(32-12-4-1-5-13-32)45-39(47-41)33-14-6-2-7-15-33/h1-27H. The van der Waals surface area contributed by atoms with Crippen LogP contribution < -0.4 is 0 Å². The first-order chi connectivity index (χ1) is 24.7. The summed E-state index contributed by atoms with van der Waals surface area (Å²) in [6.07, 6.45) is 0. The van der Waals surface area contributed by atoms with Gasteiger partial charge in [0, 0.05) is 33.4 Å². The summed E-state index contributed by atoms with van der Waals surface area (Å²) < 4.78 is 0. The normalized spacial score (nSPS) is 10.8. The molecule has 0 radical (unpaired) electrons. The van der Waals surface area contributed by atoms with E-state index in [-0.39, 0.29) is 0 Å². The fourth-order valence-electron chi connectivity index (χ4n) is 5.64. The van der Waals surface area contributed by atoms with Crippen LogP contribution in [0.4, 0.5) is 0 Å². The van der Waals surface area contributed by atoms with Gasteiger partial charge >= 0.3 is 0 Å². The van der Waals surface area contributed by atoms with Crippen LogP contribution in [0, 0.1) is 11.3 Å². The Bertz CT molecular complexity index is 2400. The molecule has 8 rings (SSSR count). The second-order valence-electron chi connectivity index (χ2n) is 11.6. The first kappa shape index (κ1) is 30.2. The molecule has 234 valence electrons. The Balaban J connectivity index is 1.12. The van der Waals surface area contributed by atoms with Gasteiger partial charge in [-0.3, -0.25) is 0 Å². The van der Waals surface area contributed by atoms with E-state index in [1.54, 1.807) is 12.1 Å². The Hall–Kier alpha value is -7.17. The van der Waals surface area contributed by atoms with Crippen molar-refractivity contribution in [3.05, 3.63) is 169 Å². The lowest BCUT2D eigenvalue weighted by Crippen LogP contribution is -2.00. The van der Waals surface area contributed by atoms with Gasteiger partial charge in [-0.1, -0.05) is 152 Å². The molecular formula is C43H27N7. The first-order valence-corrected chi connectivity index (χ1v) is 16.1. The zero-order chi connectivity index (χ0) is 33.7. The van der Waals surface area contributed by atoms with Gasteiger partial charge in [-0.05, 0) is 23.3 Å². The van der Waals surface area contributed by atoms with Crippen LogP contribution in [-0.2, 0) is 0 Å². The van der Waals surface area contributed by atoms with Gasteiger partial charge in [-0.25, -0.2) is 29.9 Å². The average molecular weight is 642 g/mol. The number of hydrogen-bond donors (Lipinski definition) is 0. The molecule has 0 N–H and O–H groups in total. The zero-order valence-electron chi connectivity index (χ0n) is 26.7. The lowest BCUT2D eigenvalue weighted by molar-refractivity contribution is 1.07. The third-order valence-corrected chi connectivity index (χ3v) is 8.24. The Morgan fingerprint density at radius 2 is 0.560 bits per heavy atom. The molecule has 0 saturated carbocycles. The minimum Gasteiger partial charge on any atom is -0.208 e. The van der Waals surface area contributed by atoms with E-state index >= 15 is 0 Å². The van der Waals surface area contributed by atoms with Crippen molar-refractivity contribution in [1.82, 2.24) is 29.9 Å². The minimum absolute atomic E-state index is 0.509. The molecule has 0 amide bonds. The highest BCUT2D eigenvalue weighted by molar-refractivity contribution is 5.73. The van der Waals surface area contributed by atoms with E-state index in [2.05, 4.69) is 30.3 Å². The van der Waals surface area contributed by atoms with E-state index in [1.807, 2.05) is 127 Å². The number of hydrogen-bond acceptors (Lipinski definition) is 7. The van der Waals surface area contributed by atoms with E-state index in [0.29, 0.717) is 40.5 Å². The Kier molecular flexibility index (Phi) is 8.16. The fraction of sp³-hybridized carbons (Fsp3) is 0. The van der Waals surface area contributed by atoms with Gasteiger partial charge in [0.05, 0.1) is 11.6 Å². The summed E-state index contributed by atoms with van der Waals surface area (Å²) >= 11 is 0. The summed E-state index contributed by atoms with van der Waals surface area (Å²) in [5, 5.41) is 9.46. The molecule has 0 saturated heterocycles. The fourth-order valence-corrected chi connectivity index (χ4v) is 5.64. The summed E-state index contributed by atoms with van der Waals surface area (Å²) in [6.45, 7) is 0. The van der Waals surface area contributed by atoms with Gasteiger partial charge < -0.3 is 0 Å². The monoisotopic (exact) mass is 641 g/mol. The predicted molar refractivity (Wildman–Crippen MR) is 196 cm³/mol. The molecule has 7 heteroatoms. The average Bonchev–Trinajstić information content (AvgIpc) is 3.21. The second-order valence-corrected chi connectivity index (χ2v) is 11.6. The highest BCUT2D eigenvalue weighted by atomic mass is 15.0. The summed E-state index contributed by atoms with van der Waals surface area (Å²) in [4.78, 5) is 29.0. The van der Waals surface area contributed by atoms with Crippen LogP contribution in [0.3, 0.4) is 0 Å². The van der Waals surface area contributed by atoms with E-state index in [0.717, 1.165) is 44.5 Å². The predicted octanol–water partition coefficient (Wildman–Crippen LogP) is 9.60. The van der Waals surface area contributed by atoms with Crippen LogP contribution in [0.5, 0.6) is 0 Å². The number of rotatable bonds is 7. The van der Waals surface area contributed by atoms with Crippen molar-refractivity contribution in [2.75, 3.05) is 0 Å². The zero-order valence-corrected chi connectivity index (χ0v) is 26.7. The van der Waals surface area contributed by atoms with Crippen molar-refractivity contribution >= 4 is 0 Å². The molecule has 0 unspecified atom stereocenters. The van der Waals surface area contributed by atoms with Crippen LogP contribution in [0.25, 0.3) is 79.5 Å². The van der Waals surface area contributed by atoms with Crippen LogP contribution in [0.1, 0.15) is 5.56 Å². The second kappa shape index (κ2) is 13.5. The van der Waals surface area contributed by atoms with Crippen LogP contribution >= 0.6 is 0 Å². The van der Waals surface area contributed by atoms with Crippen molar-refractivity contribution in [3.8, 4) is 85.5 Å². The molecule has 0 fully saturated rings. The molecule has 6 aromatic carbocycles. The van der Waals surface area contributed by atoms with Gasteiger partial charge in [-0.2, -0.15) is 5.26 Å². The highest BCUT2D eigenvalue weighted by Gasteiger charge is 2.14. The molecule has 0 aliphatic heterocycles. The first-order valence-electron chi connectivity index (χ1n) is 16.1. The summed E-state index contributed by atoms with van der Waals surface area (Å²) in [7, 11) is 0. The van der Waals surface area contributed by atoms with Crippen molar-refractivity contribution in [2.24, 2.45) is 0 Å². The molecule has 0 aliphatic carbocycles. The van der Waals surface area contributed by atoms with E-state index in [4.69, 9.17) is 29.9 Å². The summed E-state index contributed by atoms with van der Waals surface area (Å²) in [5.74, 6) is 3.50. The molecule has 2 heterocycles. The largest absolute Gasteiger partial charge is 0.208 e. The van der Waals surface area contributed by atoms with Crippen molar-refractivity contribution in [3.63, 3.8) is 0 Å². The van der Waals surface area contributed by atoms with Gasteiger partial charge in [0.2, 0.25) is 0 Å². The van der Waals surface area contributed by atoms with E-state index in [1.165, 1.54) is 0 Å². The van der Waals surface area contributed by atoms with Crippen molar-refractivity contribution in [1.29, 1.82) is 5.26 Å². The van der Waals surface area contributed by atoms with E-state index in [9.17, 15) is 5.26 Å². The number of aromatic nitrogens is 6. The topological polar surface area (TPSA) is 101 Å².